The fourth-order valence-corrected chi connectivity index (χ4v) is 3.31. The maximum atomic E-state index is 12.7. The predicted octanol–water partition coefficient (Wildman–Crippen LogP) is 2.44. The summed E-state index contributed by atoms with van der Waals surface area (Å²) in [6.07, 6.45) is 0. The van der Waals surface area contributed by atoms with Crippen LogP contribution in [-0.4, -0.2) is 31.4 Å². The molecule has 0 radical (unpaired) electrons. The van der Waals surface area contributed by atoms with Crippen LogP contribution in [0.15, 0.2) is 40.7 Å². The topological polar surface area (TPSA) is 108 Å². The first-order chi connectivity index (χ1) is 12.7. The zero-order valence-corrected chi connectivity index (χ0v) is 16.1. The minimum atomic E-state index is -0.808. The number of ether oxygens (including phenoxy) is 2. The smallest absolute Gasteiger partial charge is 0.336 e. The molecule has 0 fully saturated rings. The number of carbonyl (C=O) groups excluding carboxylic acids is 3. The van der Waals surface area contributed by atoms with Crippen molar-refractivity contribution in [2.45, 2.75) is 33.6 Å². The fraction of sp³-hybridized carbons (Fsp3) is 0.350. The van der Waals surface area contributed by atoms with E-state index in [1.807, 2.05) is 0 Å². The van der Waals surface area contributed by atoms with Gasteiger partial charge in [0.05, 0.1) is 30.8 Å². The van der Waals surface area contributed by atoms with Gasteiger partial charge in [-0.15, -0.1) is 0 Å². The Morgan fingerprint density at radius 2 is 1.70 bits per heavy atom. The van der Waals surface area contributed by atoms with Gasteiger partial charge in [-0.2, -0.15) is 0 Å². The van der Waals surface area contributed by atoms with Crippen LogP contribution in [-0.2, 0) is 19.1 Å². The first-order valence-electron chi connectivity index (χ1n) is 8.57. The standard InChI is InChI=1S/C20H24N2O5/c1-6-27-20(25)16-11(3)22-10(2)15(19(24)26-5)17(16)14-9-7-8-13(12(4)23)18(14)21/h7-9,17,22H,6,21H2,1-5H3. The second kappa shape index (κ2) is 8.07. The van der Waals surface area contributed by atoms with Crippen LogP contribution in [0.25, 0.3) is 0 Å². The number of hydrogen-bond donors (Lipinski definition) is 2. The molecule has 0 bridgehead atoms. The molecule has 3 N–H and O–H groups in total. The van der Waals surface area contributed by atoms with Crippen molar-refractivity contribution in [2.75, 3.05) is 19.5 Å². The Balaban J connectivity index is 2.79. The van der Waals surface area contributed by atoms with Gasteiger partial charge in [-0.3, -0.25) is 4.79 Å². The Morgan fingerprint density at radius 3 is 2.22 bits per heavy atom. The molecule has 1 heterocycles. The van der Waals surface area contributed by atoms with Crippen LogP contribution >= 0.6 is 0 Å². The molecular formula is C20H24N2O5. The zero-order chi connectivity index (χ0) is 20.3. The Morgan fingerprint density at radius 1 is 1.11 bits per heavy atom. The third-order valence-electron chi connectivity index (χ3n) is 4.49. The molecule has 27 heavy (non-hydrogen) atoms. The lowest BCUT2D eigenvalue weighted by atomic mass is 9.79. The van der Waals surface area contributed by atoms with Crippen molar-refractivity contribution in [1.82, 2.24) is 5.32 Å². The number of methoxy groups -OCH3 is 1. The normalized spacial score (nSPS) is 16.7. The Labute approximate surface area is 158 Å². The molecule has 0 spiro atoms. The third-order valence-corrected chi connectivity index (χ3v) is 4.49. The molecule has 2 rings (SSSR count). The molecule has 0 aliphatic carbocycles. The van der Waals surface area contributed by atoms with Crippen LogP contribution in [0.4, 0.5) is 5.69 Å². The molecule has 1 aliphatic rings. The number of allylic oxidation sites excluding steroid dienone is 2. The Hall–Kier alpha value is -3.09. The van der Waals surface area contributed by atoms with Gasteiger partial charge in [-0.25, -0.2) is 9.59 Å². The van der Waals surface area contributed by atoms with Crippen molar-refractivity contribution in [1.29, 1.82) is 0 Å². The fourth-order valence-electron chi connectivity index (χ4n) is 3.31. The van der Waals surface area contributed by atoms with Gasteiger partial charge >= 0.3 is 11.9 Å². The summed E-state index contributed by atoms with van der Waals surface area (Å²) in [5.41, 5.74) is 8.89. The highest BCUT2D eigenvalue weighted by Gasteiger charge is 2.39. The highest BCUT2D eigenvalue weighted by Crippen LogP contribution is 2.42. The highest BCUT2D eigenvalue weighted by atomic mass is 16.5. The van der Waals surface area contributed by atoms with Crippen molar-refractivity contribution in [3.05, 3.63) is 51.9 Å². The lowest BCUT2D eigenvalue weighted by Gasteiger charge is -2.31. The molecule has 0 saturated heterocycles. The first-order valence-corrected chi connectivity index (χ1v) is 8.57. The van der Waals surface area contributed by atoms with Gasteiger partial charge in [0.2, 0.25) is 0 Å². The summed E-state index contributed by atoms with van der Waals surface area (Å²) in [5, 5.41) is 3.04. The van der Waals surface area contributed by atoms with E-state index in [2.05, 4.69) is 5.32 Å². The van der Waals surface area contributed by atoms with Crippen LogP contribution < -0.4 is 11.1 Å². The molecule has 1 aliphatic heterocycles. The minimum Gasteiger partial charge on any atom is -0.466 e. The number of nitrogens with one attached hydrogen (secondary N) is 1. The number of benzene rings is 1. The molecule has 7 nitrogen and oxygen atoms in total. The lowest BCUT2D eigenvalue weighted by Crippen LogP contribution is -2.32. The van der Waals surface area contributed by atoms with Gasteiger partial charge in [0, 0.05) is 22.6 Å². The second-order valence-corrected chi connectivity index (χ2v) is 6.21. The van der Waals surface area contributed by atoms with E-state index in [-0.39, 0.29) is 29.2 Å². The summed E-state index contributed by atoms with van der Waals surface area (Å²) >= 11 is 0. The van der Waals surface area contributed by atoms with Gasteiger partial charge in [0.25, 0.3) is 0 Å². The van der Waals surface area contributed by atoms with Gasteiger partial charge in [-0.1, -0.05) is 12.1 Å². The molecule has 7 heteroatoms. The molecule has 1 aromatic carbocycles. The van der Waals surface area contributed by atoms with Crippen LogP contribution in [0.5, 0.6) is 0 Å². The maximum absolute atomic E-state index is 12.7. The summed E-state index contributed by atoms with van der Waals surface area (Å²) < 4.78 is 10.1. The molecule has 144 valence electrons. The molecule has 0 saturated carbocycles. The Kier molecular flexibility index (Phi) is 6.05. The van der Waals surface area contributed by atoms with Gasteiger partial charge < -0.3 is 20.5 Å². The Bertz CT molecular complexity index is 867. The third kappa shape index (κ3) is 3.72. The van der Waals surface area contributed by atoms with E-state index in [4.69, 9.17) is 15.2 Å². The van der Waals surface area contributed by atoms with Crippen LogP contribution in [0.1, 0.15) is 49.5 Å². The van der Waals surface area contributed by atoms with Crippen molar-refractivity contribution >= 4 is 23.4 Å². The SMILES string of the molecule is CCOC(=O)C1=C(C)NC(C)=C(C(=O)OC)C1c1cccc(C(C)=O)c1N. The average Bonchev–Trinajstić information content (AvgIpc) is 2.60. The number of carbonyl (C=O) groups is 3. The zero-order valence-electron chi connectivity index (χ0n) is 16.1. The molecule has 0 amide bonds. The van der Waals surface area contributed by atoms with Crippen molar-refractivity contribution < 1.29 is 23.9 Å². The summed E-state index contributed by atoms with van der Waals surface area (Å²) in [5.74, 6) is -2.17. The number of ketones is 1. The lowest BCUT2D eigenvalue weighted by molar-refractivity contribution is -0.139. The van der Waals surface area contributed by atoms with E-state index in [1.54, 1.807) is 39.0 Å². The summed E-state index contributed by atoms with van der Waals surface area (Å²) in [6, 6.07) is 4.98. The molecule has 0 aromatic heterocycles. The summed E-state index contributed by atoms with van der Waals surface area (Å²) in [4.78, 5) is 37.1. The van der Waals surface area contributed by atoms with Gasteiger partial charge in [0.15, 0.2) is 5.78 Å². The molecule has 1 aromatic rings. The number of para-hydroxylation sites is 1. The number of rotatable bonds is 5. The van der Waals surface area contributed by atoms with Crippen LogP contribution in [0, 0.1) is 0 Å². The quantitative estimate of drug-likeness (QED) is 0.464. The number of Topliss-reactive ketones (excluding diaryl/α,β-unsaturated/α-hetero) is 1. The van der Waals surface area contributed by atoms with Crippen molar-refractivity contribution in [3.63, 3.8) is 0 Å². The second-order valence-electron chi connectivity index (χ2n) is 6.21. The van der Waals surface area contributed by atoms with E-state index >= 15 is 0 Å². The number of nitrogen functional groups attached to an aromatic ring is 1. The van der Waals surface area contributed by atoms with Crippen LogP contribution in [0.3, 0.4) is 0 Å². The van der Waals surface area contributed by atoms with Gasteiger partial charge in [0.1, 0.15) is 0 Å². The summed E-state index contributed by atoms with van der Waals surface area (Å²) in [6.45, 7) is 6.73. The number of dihydropyridines is 1. The molecule has 1 atom stereocenters. The number of hydrogen-bond acceptors (Lipinski definition) is 7. The molecular weight excluding hydrogens is 348 g/mol. The minimum absolute atomic E-state index is 0.182. The van der Waals surface area contributed by atoms with E-state index in [0.717, 1.165) is 0 Å². The number of nitrogens with two attached hydrogens (primary N) is 1. The monoisotopic (exact) mass is 372 g/mol. The average molecular weight is 372 g/mol. The van der Waals surface area contributed by atoms with E-state index in [1.165, 1.54) is 14.0 Å². The van der Waals surface area contributed by atoms with E-state index in [9.17, 15) is 14.4 Å². The predicted molar refractivity (Wildman–Crippen MR) is 101 cm³/mol. The summed E-state index contributed by atoms with van der Waals surface area (Å²) in [7, 11) is 1.27. The highest BCUT2D eigenvalue weighted by molar-refractivity contribution is 6.03. The first kappa shape index (κ1) is 20.2. The van der Waals surface area contributed by atoms with Crippen molar-refractivity contribution in [3.8, 4) is 0 Å². The van der Waals surface area contributed by atoms with Crippen molar-refractivity contribution in [2.24, 2.45) is 0 Å². The largest absolute Gasteiger partial charge is 0.466 e. The van der Waals surface area contributed by atoms with E-state index < -0.39 is 17.9 Å². The molecule has 1 unspecified atom stereocenters. The number of esters is 2. The van der Waals surface area contributed by atoms with Crippen LogP contribution in [0.2, 0.25) is 0 Å². The maximum Gasteiger partial charge on any atom is 0.336 e. The number of anilines is 1. The van der Waals surface area contributed by atoms with Gasteiger partial charge in [-0.05, 0) is 39.3 Å². The van der Waals surface area contributed by atoms with E-state index in [0.29, 0.717) is 22.5 Å².